The summed E-state index contributed by atoms with van der Waals surface area (Å²) in [6, 6.07) is 6.33. The van der Waals surface area contributed by atoms with Crippen molar-refractivity contribution >= 4 is 21.7 Å². The Morgan fingerprint density at radius 3 is 2.50 bits per heavy atom. The number of rotatable bonds is 3. The van der Waals surface area contributed by atoms with Crippen molar-refractivity contribution in [1.82, 2.24) is 9.97 Å². The Labute approximate surface area is 101 Å². The van der Waals surface area contributed by atoms with E-state index in [1.807, 2.05) is 0 Å². The topological polar surface area (TPSA) is 37.8 Å². The van der Waals surface area contributed by atoms with Crippen LogP contribution < -0.4 is 5.32 Å². The number of benzene rings is 1. The molecule has 0 amide bonds. The van der Waals surface area contributed by atoms with Gasteiger partial charge in [-0.25, -0.2) is 14.4 Å². The van der Waals surface area contributed by atoms with Gasteiger partial charge < -0.3 is 5.32 Å². The molecule has 0 aliphatic heterocycles. The minimum atomic E-state index is -0.229. The zero-order valence-electron chi connectivity index (χ0n) is 8.32. The summed E-state index contributed by atoms with van der Waals surface area (Å²) in [6.07, 6.45) is 3.25. The average molecular weight is 282 g/mol. The number of aromatic nitrogens is 2. The van der Waals surface area contributed by atoms with Gasteiger partial charge in [-0.3, -0.25) is 0 Å². The van der Waals surface area contributed by atoms with Gasteiger partial charge in [0.05, 0.1) is 12.4 Å². The molecule has 1 aromatic heterocycles. The first-order chi connectivity index (χ1) is 7.74. The molecule has 82 valence electrons. The van der Waals surface area contributed by atoms with Gasteiger partial charge in [0.1, 0.15) is 16.2 Å². The largest absolute Gasteiger partial charge is 0.365 e. The Morgan fingerprint density at radius 2 is 1.88 bits per heavy atom. The first-order valence-corrected chi connectivity index (χ1v) is 5.49. The van der Waals surface area contributed by atoms with E-state index in [0.29, 0.717) is 17.0 Å². The molecule has 0 aliphatic carbocycles. The highest BCUT2D eigenvalue weighted by Gasteiger charge is 1.96. The zero-order valence-corrected chi connectivity index (χ0v) is 9.91. The lowest BCUT2D eigenvalue weighted by Crippen LogP contribution is -2.01. The third-order valence-electron chi connectivity index (χ3n) is 2.01. The predicted molar refractivity (Wildman–Crippen MR) is 63.5 cm³/mol. The van der Waals surface area contributed by atoms with E-state index < -0.39 is 0 Å². The SMILES string of the molecule is Fc1ccc(CNc2cnc(Br)cn2)cc1. The Morgan fingerprint density at radius 1 is 1.12 bits per heavy atom. The number of hydrogen-bond acceptors (Lipinski definition) is 3. The number of halogens is 2. The quantitative estimate of drug-likeness (QED) is 0.940. The number of hydrogen-bond donors (Lipinski definition) is 1. The molecule has 3 nitrogen and oxygen atoms in total. The molecule has 0 bridgehead atoms. The van der Waals surface area contributed by atoms with Crippen molar-refractivity contribution in [2.45, 2.75) is 6.54 Å². The van der Waals surface area contributed by atoms with E-state index in [-0.39, 0.29) is 5.82 Å². The molecule has 1 N–H and O–H groups in total. The lowest BCUT2D eigenvalue weighted by atomic mass is 10.2. The fraction of sp³-hybridized carbons (Fsp3) is 0.0909. The molecule has 0 saturated heterocycles. The molecule has 0 atom stereocenters. The third kappa shape index (κ3) is 3.00. The van der Waals surface area contributed by atoms with Gasteiger partial charge in [0.15, 0.2) is 0 Å². The Balaban J connectivity index is 1.97. The van der Waals surface area contributed by atoms with E-state index in [0.717, 1.165) is 5.56 Å². The summed E-state index contributed by atoms with van der Waals surface area (Å²) in [7, 11) is 0. The van der Waals surface area contributed by atoms with Crippen molar-refractivity contribution < 1.29 is 4.39 Å². The van der Waals surface area contributed by atoms with Gasteiger partial charge in [0.25, 0.3) is 0 Å². The molecule has 0 aliphatic rings. The van der Waals surface area contributed by atoms with Crippen LogP contribution in [0, 0.1) is 5.82 Å². The zero-order chi connectivity index (χ0) is 11.4. The van der Waals surface area contributed by atoms with Crippen LogP contribution in [0.4, 0.5) is 10.2 Å². The summed E-state index contributed by atoms with van der Waals surface area (Å²) in [5.41, 5.74) is 0.992. The second kappa shape index (κ2) is 5.03. The van der Waals surface area contributed by atoms with Crippen LogP contribution in [0.25, 0.3) is 0 Å². The van der Waals surface area contributed by atoms with Gasteiger partial charge in [0.2, 0.25) is 0 Å². The summed E-state index contributed by atoms with van der Waals surface area (Å²) in [5.74, 6) is 0.458. The first-order valence-electron chi connectivity index (χ1n) is 4.70. The van der Waals surface area contributed by atoms with Crippen LogP contribution >= 0.6 is 15.9 Å². The summed E-state index contributed by atoms with van der Waals surface area (Å²) in [5, 5.41) is 3.09. The smallest absolute Gasteiger partial charge is 0.144 e. The highest BCUT2D eigenvalue weighted by atomic mass is 79.9. The molecule has 0 radical (unpaired) electrons. The number of nitrogens with one attached hydrogen (secondary N) is 1. The van der Waals surface area contributed by atoms with Crippen molar-refractivity contribution in [3.63, 3.8) is 0 Å². The van der Waals surface area contributed by atoms with Crippen LogP contribution in [0.2, 0.25) is 0 Å². The van der Waals surface area contributed by atoms with E-state index in [9.17, 15) is 4.39 Å². The molecule has 0 saturated carbocycles. The normalized spacial score (nSPS) is 10.1. The summed E-state index contributed by atoms with van der Waals surface area (Å²) in [4.78, 5) is 8.15. The van der Waals surface area contributed by atoms with Crippen molar-refractivity contribution in [3.05, 3.63) is 52.6 Å². The second-order valence-corrected chi connectivity index (χ2v) is 4.02. The predicted octanol–water partition coefficient (Wildman–Crippen LogP) is 2.99. The third-order valence-corrected chi connectivity index (χ3v) is 2.42. The lowest BCUT2D eigenvalue weighted by Gasteiger charge is -2.04. The Kier molecular flexibility index (Phi) is 3.46. The molecule has 5 heteroatoms. The van der Waals surface area contributed by atoms with Crippen LogP contribution in [0.1, 0.15) is 5.56 Å². The number of anilines is 1. The average Bonchev–Trinajstić information content (AvgIpc) is 2.30. The maximum atomic E-state index is 12.6. The number of nitrogens with zero attached hydrogens (tertiary/aromatic N) is 2. The molecule has 1 aromatic carbocycles. The highest BCUT2D eigenvalue weighted by Crippen LogP contribution is 2.08. The standard InChI is InChI=1S/C11H9BrFN3/c12-10-6-16-11(7-14-10)15-5-8-1-3-9(13)4-2-8/h1-4,6-7H,5H2,(H,15,16). The van der Waals surface area contributed by atoms with Crippen molar-refractivity contribution in [2.75, 3.05) is 5.32 Å². The van der Waals surface area contributed by atoms with Crippen LogP contribution in [0.5, 0.6) is 0 Å². The molecule has 1 heterocycles. The highest BCUT2D eigenvalue weighted by molar-refractivity contribution is 9.10. The van der Waals surface area contributed by atoms with E-state index >= 15 is 0 Å². The minimum absolute atomic E-state index is 0.229. The second-order valence-electron chi connectivity index (χ2n) is 3.20. The molecule has 0 fully saturated rings. The van der Waals surface area contributed by atoms with Gasteiger partial charge in [-0.05, 0) is 33.6 Å². The van der Waals surface area contributed by atoms with Gasteiger partial charge >= 0.3 is 0 Å². The molecule has 0 spiro atoms. The molecule has 2 aromatic rings. The van der Waals surface area contributed by atoms with Crippen LogP contribution in [-0.4, -0.2) is 9.97 Å². The van der Waals surface area contributed by atoms with E-state index in [4.69, 9.17) is 0 Å². The van der Waals surface area contributed by atoms with E-state index in [1.165, 1.54) is 12.1 Å². The molecular weight excluding hydrogens is 273 g/mol. The summed E-state index contributed by atoms with van der Waals surface area (Å²) in [6.45, 7) is 0.594. The lowest BCUT2D eigenvalue weighted by molar-refractivity contribution is 0.627. The Bertz CT molecular complexity index is 410. The van der Waals surface area contributed by atoms with Crippen LogP contribution in [0.15, 0.2) is 41.3 Å². The monoisotopic (exact) mass is 281 g/mol. The fourth-order valence-corrected chi connectivity index (χ4v) is 1.40. The molecule has 0 unspecified atom stereocenters. The molecule has 16 heavy (non-hydrogen) atoms. The fourth-order valence-electron chi connectivity index (χ4n) is 1.20. The van der Waals surface area contributed by atoms with Crippen LogP contribution in [-0.2, 0) is 6.54 Å². The minimum Gasteiger partial charge on any atom is -0.365 e. The van der Waals surface area contributed by atoms with E-state index in [1.54, 1.807) is 24.5 Å². The van der Waals surface area contributed by atoms with Gasteiger partial charge in [-0.2, -0.15) is 0 Å². The van der Waals surface area contributed by atoms with Gasteiger partial charge in [-0.15, -0.1) is 0 Å². The first kappa shape index (κ1) is 11.0. The van der Waals surface area contributed by atoms with Crippen molar-refractivity contribution in [1.29, 1.82) is 0 Å². The van der Waals surface area contributed by atoms with Crippen molar-refractivity contribution in [2.24, 2.45) is 0 Å². The Hall–Kier alpha value is -1.49. The maximum absolute atomic E-state index is 12.6. The van der Waals surface area contributed by atoms with E-state index in [2.05, 4.69) is 31.2 Å². The van der Waals surface area contributed by atoms with Gasteiger partial charge in [-0.1, -0.05) is 12.1 Å². The van der Waals surface area contributed by atoms with Gasteiger partial charge in [0, 0.05) is 6.54 Å². The molecule has 2 rings (SSSR count). The molecular formula is C11H9BrFN3. The summed E-state index contributed by atoms with van der Waals surface area (Å²) >= 11 is 3.21. The van der Waals surface area contributed by atoms with Crippen molar-refractivity contribution in [3.8, 4) is 0 Å². The van der Waals surface area contributed by atoms with Crippen LogP contribution in [0.3, 0.4) is 0 Å². The maximum Gasteiger partial charge on any atom is 0.144 e. The summed E-state index contributed by atoms with van der Waals surface area (Å²) < 4.78 is 13.3.